The summed E-state index contributed by atoms with van der Waals surface area (Å²) in [7, 11) is 0. The lowest BCUT2D eigenvalue weighted by Gasteiger charge is -2.13. The number of anilines is 1. The Morgan fingerprint density at radius 1 is 1.37 bits per heavy atom. The standard InChI is InChI=1S/C14H19NO4/c1-4-19-10(3)13(16)15-12-7-5-6-11(8-12)9(2)14(17)18/h5-10H,4H2,1-3H3,(H,15,16)(H,17,18). The molecular formula is C14H19NO4. The molecule has 0 spiro atoms. The van der Waals surface area contributed by atoms with Gasteiger partial charge in [0.15, 0.2) is 0 Å². The second kappa shape index (κ2) is 6.89. The SMILES string of the molecule is CCOC(C)C(=O)Nc1cccc(C(C)C(=O)O)c1. The fourth-order valence-corrected chi connectivity index (χ4v) is 1.60. The van der Waals surface area contributed by atoms with E-state index in [2.05, 4.69) is 5.32 Å². The zero-order valence-corrected chi connectivity index (χ0v) is 11.3. The highest BCUT2D eigenvalue weighted by atomic mass is 16.5. The van der Waals surface area contributed by atoms with Gasteiger partial charge in [-0.1, -0.05) is 12.1 Å². The van der Waals surface area contributed by atoms with E-state index < -0.39 is 18.0 Å². The highest BCUT2D eigenvalue weighted by Gasteiger charge is 2.16. The van der Waals surface area contributed by atoms with Crippen LogP contribution in [0, 0.1) is 0 Å². The topological polar surface area (TPSA) is 75.6 Å². The van der Waals surface area contributed by atoms with Crippen molar-refractivity contribution in [3.05, 3.63) is 29.8 Å². The van der Waals surface area contributed by atoms with Crippen molar-refractivity contribution in [2.45, 2.75) is 32.8 Å². The molecule has 1 aromatic rings. The second-order valence-electron chi connectivity index (χ2n) is 4.27. The molecule has 1 amide bonds. The van der Waals surface area contributed by atoms with E-state index in [4.69, 9.17) is 9.84 Å². The molecule has 0 saturated carbocycles. The van der Waals surface area contributed by atoms with Gasteiger partial charge in [0, 0.05) is 12.3 Å². The molecule has 0 aromatic heterocycles. The van der Waals surface area contributed by atoms with Gasteiger partial charge in [-0.15, -0.1) is 0 Å². The number of ether oxygens (including phenoxy) is 1. The second-order valence-corrected chi connectivity index (χ2v) is 4.27. The Kier molecular flexibility index (Phi) is 5.51. The number of carbonyl (C=O) groups is 2. The molecule has 0 aliphatic rings. The molecule has 5 heteroatoms. The van der Waals surface area contributed by atoms with Crippen LogP contribution in [0.2, 0.25) is 0 Å². The first kappa shape index (κ1) is 15.2. The predicted molar refractivity (Wildman–Crippen MR) is 72.2 cm³/mol. The largest absolute Gasteiger partial charge is 0.481 e. The van der Waals surface area contributed by atoms with Gasteiger partial charge in [-0.05, 0) is 38.5 Å². The van der Waals surface area contributed by atoms with Crippen LogP contribution in [-0.2, 0) is 14.3 Å². The number of aliphatic carboxylic acids is 1. The van der Waals surface area contributed by atoms with E-state index in [9.17, 15) is 9.59 Å². The van der Waals surface area contributed by atoms with Crippen molar-refractivity contribution in [2.24, 2.45) is 0 Å². The van der Waals surface area contributed by atoms with E-state index in [1.54, 1.807) is 38.1 Å². The molecule has 2 unspecified atom stereocenters. The summed E-state index contributed by atoms with van der Waals surface area (Å²) in [4.78, 5) is 22.7. The summed E-state index contributed by atoms with van der Waals surface area (Å²) in [5.41, 5.74) is 1.22. The molecule has 0 saturated heterocycles. The number of rotatable bonds is 6. The van der Waals surface area contributed by atoms with Crippen LogP contribution in [0.3, 0.4) is 0 Å². The molecule has 104 valence electrons. The number of nitrogens with one attached hydrogen (secondary N) is 1. The van der Waals surface area contributed by atoms with Gasteiger partial charge >= 0.3 is 5.97 Å². The number of carboxylic acids is 1. The summed E-state index contributed by atoms with van der Waals surface area (Å²) < 4.78 is 5.19. The van der Waals surface area contributed by atoms with E-state index in [0.29, 0.717) is 17.9 Å². The lowest BCUT2D eigenvalue weighted by molar-refractivity contribution is -0.138. The van der Waals surface area contributed by atoms with Crippen molar-refractivity contribution >= 4 is 17.6 Å². The molecule has 2 atom stereocenters. The molecule has 19 heavy (non-hydrogen) atoms. The first-order chi connectivity index (χ1) is 8.95. The Labute approximate surface area is 112 Å². The smallest absolute Gasteiger partial charge is 0.310 e. The minimum Gasteiger partial charge on any atom is -0.481 e. The molecule has 0 aliphatic carbocycles. The van der Waals surface area contributed by atoms with Gasteiger partial charge in [0.05, 0.1) is 5.92 Å². The Hall–Kier alpha value is -1.88. The number of benzene rings is 1. The third kappa shape index (κ3) is 4.37. The summed E-state index contributed by atoms with van der Waals surface area (Å²) in [6.07, 6.45) is -0.537. The maximum atomic E-state index is 11.8. The molecule has 0 fully saturated rings. The maximum Gasteiger partial charge on any atom is 0.310 e. The number of hydrogen-bond acceptors (Lipinski definition) is 3. The quantitative estimate of drug-likeness (QED) is 0.827. The highest BCUT2D eigenvalue weighted by molar-refractivity contribution is 5.94. The van der Waals surface area contributed by atoms with Crippen molar-refractivity contribution in [2.75, 3.05) is 11.9 Å². The van der Waals surface area contributed by atoms with E-state index in [1.807, 2.05) is 6.92 Å². The summed E-state index contributed by atoms with van der Waals surface area (Å²) in [6.45, 7) is 5.55. The molecule has 1 rings (SSSR count). The van der Waals surface area contributed by atoms with Gasteiger partial charge in [-0.3, -0.25) is 9.59 Å². The van der Waals surface area contributed by atoms with E-state index >= 15 is 0 Å². The monoisotopic (exact) mass is 265 g/mol. The predicted octanol–water partition coefficient (Wildman–Crippen LogP) is 2.24. The fourth-order valence-electron chi connectivity index (χ4n) is 1.60. The van der Waals surface area contributed by atoms with Gasteiger partial charge in [-0.2, -0.15) is 0 Å². The minimum absolute atomic E-state index is 0.248. The summed E-state index contributed by atoms with van der Waals surface area (Å²) >= 11 is 0. The average molecular weight is 265 g/mol. The summed E-state index contributed by atoms with van der Waals surface area (Å²) in [5.74, 6) is -1.76. The van der Waals surface area contributed by atoms with E-state index in [1.165, 1.54) is 0 Å². The van der Waals surface area contributed by atoms with Gasteiger partial charge in [-0.25, -0.2) is 0 Å². The third-order valence-electron chi connectivity index (χ3n) is 2.81. The number of amides is 1. The Balaban J connectivity index is 2.77. The van der Waals surface area contributed by atoms with Gasteiger partial charge in [0.25, 0.3) is 5.91 Å². The van der Waals surface area contributed by atoms with Crippen LogP contribution in [0.25, 0.3) is 0 Å². The van der Waals surface area contributed by atoms with E-state index in [-0.39, 0.29) is 5.91 Å². The van der Waals surface area contributed by atoms with Crippen LogP contribution in [0.4, 0.5) is 5.69 Å². The van der Waals surface area contributed by atoms with Crippen LogP contribution in [0.5, 0.6) is 0 Å². The molecule has 0 heterocycles. The third-order valence-corrected chi connectivity index (χ3v) is 2.81. The van der Waals surface area contributed by atoms with Crippen LogP contribution < -0.4 is 5.32 Å². The molecule has 0 aliphatic heterocycles. The Morgan fingerprint density at radius 2 is 2.05 bits per heavy atom. The van der Waals surface area contributed by atoms with Crippen molar-refractivity contribution < 1.29 is 19.4 Å². The van der Waals surface area contributed by atoms with Crippen molar-refractivity contribution in [1.29, 1.82) is 0 Å². The molecule has 0 bridgehead atoms. The zero-order valence-electron chi connectivity index (χ0n) is 11.3. The van der Waals surface area contributed by atoms with Gasteiger partial charge in [0.1, 0.15) is 6.10 Å². The van der Waals surface area contributed by atoms with Crippen molar-refractivity contribution in [3.63, 3.8) is 0 Å². The molecule has 2 N–H and O–H groups in total. The number of carboxylic acid groups (broad SMARTS) is 1. The van der Waals surface area contributed by atoms with E-state index in [0.717, 1.165) is 0 Å². The Morgan fingerprint density at radius 3 is 2.63 bits per heavy atom. The molecular weight excluding hydrogens is 246 g/mol. The fraction of sp³-hybridized carbons (Fsp3) is 0.429. The lowest BCUT2D eigenvalue weighted by Crippen LogP contribution is -2.27. The van der Waals surface area contributed by atoms with Gasteiger partial charge in [0.2, 0.25) is 0 Å². The maximum absolute atomic E-state index is 11.8. The zero-order chi connectivity index (χ0) is 14.4. The summed E-state index contributed by atoms with van der Waals surface area (Å²) in [6, 6.07) is 6.82. The Bertz CT molecular complexity index is 459. The van der Waals surface area contributed by atoms with Crippen molar-refractivity contribution in [3.8, 4) is 0 Å². The highest BCUT2D eigenvalue weighted by Crippen LogP contribution is 2.19. The van der Waals surface area contributed by atoms with Crippen LogP contribution in [0.1, 0.15) is 32.3 Å². The average Bonchev–Trinajstić information content (AvgIpc) is 2.38. The van der Waals surface area contributed by atoms with Crippen LogP contribution in [-0.4, -0.2) is 29.7 Å². The number of carbonyl (C=O) groups excluding carboxylic acids is 1. The van der Waals surface area contributed by atoms with Gasteiger partial charge < -0.3 is 15.2 Å². The first-order valence-electron chi connectivity index (χ1n) is 6.21. The minimum atomic E-state index is -0.897. The lowest BCUT2D eigenvalue weighted by atomic mass is 10.0. The molecule has 5 nitrogen and oxygen atoms in total. The normalized spacial score (nSPS) is 13.6. The summed E-state index contributed by atoms with van der Waals surface area (Å²) in [5, 5.41) is 11.7. The van der Waals surface area contributed by atoms with Crippen LogP contribution >= 0.6 is 0 Å². The van der Waals surface area contributed by atoms with Crippen molar-refractivity contribution in [1.82, 2.24) is 0 Å². The number of hydrogen-bond donors (Lipinski definition) is 2. The molecule has 0 radical (unpaired) electrons. The van der Waals surface area contributed by atoms with Crippen LogP contribution in [0.15, 0.2) is 24.3 Å². The molecule has 1 aromatic carbocycles. The first-order valence-corrected chi connectivity index (χ1v) is 6.21.